The second-order valence-electron chi connectivity index (χ2n) is 4.83. The molecule has 0 aromatic carbocycles. The van der Waals surface area contributed by atoms with Gasteiger partial charge < -0.3 is 15.5 Å². The predicted octanol–water partition coefficient (Wildman–Crippen LogP) is -0.0294. The number of rotatable bonds is 4. The Kier molecular flexibility index (Phi) is 4.93. The highest BCUT2D eigenvalue weighted by Crippen LogP contribution is 2.27. The van der Waals surface area contributed by atoms with Gasteiger partial charge in [-0.2, -0.15) is 0 Å². The van der Waals surface area contributed by atoms with E-state index in [4.69, 9.17) is 0 Å². The summed E-state index contributed by atoms with van der Waals surface area (Å²) in [6, 6.07) is 0. The van der Waals surface area contributed by atoms with Crippen LogP contribution in [0.15, 0.2) is 0 Å². The summed E-state index contributed by atoms with van der Waals surface area (Å²) in [5, 5.41) is 5.81. The van der Waals surface area contributed by atoms with E-state index in [0.29, 0.717) is 13.1 Å². The fourth-order valence-corrected chi connectivity index (χ4v) is 2.20. The van der Waals surface area contributed by atoms with E-state index < -0.39 is 0 Å². The Morgan fingerprint density at radius 1 is 1.47 bits per heavy atom. The molecule has 0 aromatic rings. The molecule has 0 spiro atoms. The summed E-state index contributed by atoms with van der Waals surface area (Å²) in [5.74, 6) is -0.0385. The van der Waals surface area contributed by atoms with E-state index in [0.717, 1.165) is 19.4 Å². The number of carbonyl (C=O) groups is 2. The van der Waals surface area contributed by atoms with Gasteiger partial charge in [0, 0.05) is 20.1 Å². The zero-order valence-electron chi connectivity index (χ0n) is 11.0. The largest absolute Gasteiger partial charge is 0.358 e. The third kappa shape index (κ3) is 3.43. The van der Waals surface area contributed by atoms with Crippen molar-refractivity contribution < 1.29 is 9.59 Å². The molecule has 1 atom stereocenters. The number of likely N-dealkylation sites (N-methyl/N-ethyl adjacent to an activating group) is 2. The van der Waals surface area contributed by atoms with Crippen LogP contribution in [0.1, 0.15) is 26.7 Å². The van der Waals surface area contributed by atoms with E-state index in [1.807, 2.05) is 13.8 Å². The molecular formula is C12H23N3O2. The highest BCUT2D eigenvalue weighted by Gasteiger charge is 2.37. The van der Waals surface area contributed by atoms with Crippen molar-refractivity contribution in [2.75, 3.05) is 33.2 Å². The molecular weight excluding hydrogens is 218 g/mol. The van der Waals surface area contributed by atoms with Crippen LogP contribution in [0.5, 0.6) is 0 Å². The molecule has 5 heteroatoms. The lowest BCUT2D eigenvalue weighted by atomic mass is 9.81. The van der Waals surface area contributed by atoms with Crippen molar-refractivity contribution in [3.63, 3.8) is 0 Å². The van der Waals surface area contributed by atoms with Crippen LogP contribution in [0.3, 0.4) is 0 Å². The van der Waals surface area contributed by atoms with Gasteiger partial charge in [-0.05, 0) is 33.2 Å². The number of hydrogen-bond donors (Lipinski definition) is 2. The first-order valence-corrected chi connectivity index (χ1v) is 6.24. The molecule has 98 valence electrons. The monoisotopic (exact) mass is 241 g/mol. The molecule has 1 heterocycles. The Morgan fingerprint density at radius 3 is 2.65 bits per heavy atom. The standard InChI is InChI=1S/C12H23N3O2/c1-4-15(8-10(16)13-3)11(17)12(2)6-5-7-14-9-12/h14H,4-9H2,1-3H3,(H,13,16). The number of hydrogen-bond acceptors (Lipinski definition) is 3. The van der Waals surface area contributed by atoms with Crippen LogP contribution >= 0.6 is 0 Å². The first-order chi connectivity index (χ1) is 8.03. The van der Waals surface area contributed by atoms with E-state index in [1.165, 1.54) is 0 Å². The Morgan fingerprint density at radius 2 is 2.18 bits per heavy atom. The Labute approximate surface area is 103 Å². The summed E-state index contributed by atoms with van der Waals surface area (Å²) in [7, 11) is 1.59. The lowest BCUT2D eigenvalue weighted by Crippen LogP contribution is -2.52. The molecule has 0 aromatic heterocycles. The molecule has 0 aliphatic carbocycles. The normalized spacial score (nSPS) is 24.2. The first-order valence-electron chi connectivity index (χ1n) is 6.24. The maximum Gasteiger partial charge on any atom is 0.239 e. The van der Waals surface area contributed by atoms with Crippen molar-refractivity contribution in [1.82, 2.24) is 15.5 Å². The van der Waals surface area contributed by atoms with Gasteiger partial charge in [-0.25, -0.2) is 0 Å². The van der Waals surface area contributed by atoms with E-state index in [9.17, 15) is 9.59 Å². The van der Waals surface area contributed by atoms with Crippen LogP contribution in [0.4, 0.5) is 0 Å². The lowest BCUT2D eigenvalue weighted by molar-refractivity contribution is -0.144. The molecule has 0 bridgehead atoms. The molecule has 1 fully saturated rings. The van der Waals surface area contributed by atoms with E-state index in [2.05, 4.69) is 10.6 Å². The fourth-order valence-electron chi connectivity index (χ4n) is 2.20. The molecule has 1 aliphatic rings. The molecule has 2 N–H and O–H groups in total. The van der Waals surface area contributed by atoms with Crippen LogP contribution in [0, 0.1) is 5.41 Å². The van der Waals surface area contributed by atoms with Crippen LogP contribution < -0.4 is 10.6 Å². The van der Waals surface area contributed by atoms with Gasteiger partial charge in [0.15, 0.2) is 0 Å². The van der Waals surface area contributed by atoms with Gasteiger partial charge in [0.05, 0.1) is 12.0 Å². The van der Waals surface area contributed by atoms with Gasteiger partial charge in [-0.3, -0.25) is 9.59 Å². The maximum atomic E-state index is 12.4. The molecule has 17 heavy (non-hydrogen) atoms. The minimum absolute atomic E-state index is 0.0794. The third-order valence-corrected chi connectivity index (χ3v) is 3.40. The number of carbonyl (C=O) groups excluding carboxylic acids is 2. The van der Waals surface area contributed by atoms with Crippen LogP contribution in [-0.2, 0) is 9.59 Å². The lowest BCUT2D eigenvalue weighted by Gasteiger charge is -2.36. The van der Waals surface area contributed by atoms with Crippen LogP contribution in [0.25, 0.3) is 0 Å². The molecule has 0 radical (unpaired) electrons. The van der Waals surface area contributed by atoms with Gasteiger partial charge in [-0.1, -0.05) is 0 Å². The average molecular weight is 241 g/mol. The number of piperidine rings is 1. The summed E-state index contributed by atoms with van der Waals surface area (Å²) in [4.78, 5) is 25.4. The number of nitrogens with zero attached hydrogens (tertiary/aromatic N) is 1. The average Bonchev–Trinajstić information content (AvgIpc) is 2.35. The molecule has 1 saturated heterocycles. The van der Waals surface area contributed by atoms with Gasteiger partial charge >= 0.3 is 0 Å². The van der Waals surface area contributed by atoms with E-state index >= 15 is 0 Å². The smallest absolute Gasteiger partial charge is 0.239 e. The van der Waals surface area contributed by atoms with E-state index in [-0.39, 0.29) is 23.8 Å². The highest BCUT2D eigenvalue weighted by atomic mass is 16.2. The molecule has 2 amide bonds. The van der Waals surface area contributed by atoms with Gasteiger partial charge in [0.2, 0.25) is 11.8 Å². The summed E-state index contributed by atoms with van der Waals surface area (Å²) in [6.07, 6.45) is 1.91. The molecule has 1 unspecified atom stereocenters. The summed E-state index contributed by atoms with van der Waals surface area (Å²) < 4.78 is 0. The minimum Gasteiger partial charge on any atom is -0.358 e. The summed E-state index contributed by atoms with van der Waals surface area (Å²) in [5.41, 5.74) is -0.359. The minimum atomic E-state index is -0.359. The van der Waals surface area contributed by atoms with Crippen LogP contribution in [0.2, 0.25) is 0 Å². The van der Waals surface area contributed by atoms with Gasteiger partial charge in [0.25, 0.3) is 0 Å². The van der Waals surface area contributed by atoms with Crippen molar-refractivity contribution in [2.45, 2.75) is 26.7 Å². The van der Waals surface area contributed by atoms with Crippen LogP contribution in [-0.4, -0.2) is 49.9 Å². The van der Waals surface area contributed by atoms with Crippen molar-refractivity contribution >= 4 is 11.8 Å². The van der Waals surface area contributed by atoms with Crippen molar-refractivity contribution in [2.24, 2.45) is 5.41 Å². The maximum absolute atomic E-state index is 12.4. The second kappa shape index (κ2) is 6.00. The number of amides is 2. The van der Waals surface area contributed by atoms with Crippen molar-refractivity contribution in [3.8, 4) is 0 Å². The molecule has 5 nitrogen and oxygen atoms in total. The number of nitrogens with one attached hydrogen (secondary N) is 2. The molecule has 1 aliphatic heterocycles. The first kappa shape index (κ1) is 14.0. The quantitative estimate of drug-likeness (QED) is 0.726. The Balaban J connectivity index is 2.67. The van der Waals surface area contributed by atoms with Crippen molar-refractivity contribution in [1.29, 1.82) is 0 Å². The van der Waals surface area contributed by atoms with Crippen molar-refractivity contribution in [3.05, 3.63) is 0 Å². The summed E-state index contributed by atoms with van der Waals surface area (Å²) >= 11 is 0. The second-order valence-corrected chi connectivity index (χ2v) is 4.83. The van der Waals surface area contributed by atoms with Gasteiger partial charge in [0.1, 0.15) is 0 Å². The zero-order valence-corrected chi connectivity index (χ0v) is 11.0. The Bertz CT molecular complexity index is 285. The summed E-state index contributed by atoms with van der Waals surface area (Å²) in [6.45, 7) is 6.29. The molecule has 0 saturated carbocycles. The van der Waals surface area contributed by atoms with E-state index in [1.54, 1.807) is 11.9 Å². The Hall–Kier alpha value is -1.10. The third-order valence-electron chi connectivity index (χ3n) is 3.40. The zero-order chi connectivity index (χ0) is 12.9. The van der Waals surface area contributed by atoms with Gasteiger partial charge in [-0.15, -0.1) is 0 Å². The molecule has 1 rings (SSSR count). The SMILES string of the molecule is CCN(CC(=O)NC)C(=O)C1(C)CCCNC1. The highest BCUT2D eigenvalue weighted by molar-refractivity contribution is 5.87. The topological polar surface area (TPSA) is 61.4 Å². The fraction of sp³-hybridized carbons (Fsp3) is 0.833. The predicted molar refractivity (Wildman–Crippen MR) is 66.5 cm³/mol.